The standard InChI is InChI=1S/C26H21N5O5/c32-17-8-6-14(7-9-17)10-21(30-26(35)36)25(34)28-16-11-18-22-19(13-27-31-24(18)33)23(29-20(22)12-16)15-4-2-1-3-5-15/h1-9,11-13,21,29-30,32H,10H2,(H,28,34)(H,31,33)(H,35,36)/t21-/m1/s1. The van der Waals surface area contributed by atoms with Crippen molar-refractivity contribution in [2.75, 3.05) is 5.32 Å². The smallest absolute Gasteiger partial charge is 0.405 e. The molecule has 0 spiro atoms. The largest absolute Gasteiger partial charge is 0.508 e. The molecule has 6 N–H and O–H groups in total. The number of aromatic amines is 1. The molecular weight excluding hydrogens is 462 g/mol. The number of anilines is 1. The Labute approximate surface area is 204 Å². The molecule has 2 heterocycles. The number of amides is 3. The molecule has 1 atom stereocenters. The zero-order valence-electron chi connectivity index (χ0n) is 18.8. The number of carbonyl (C=O) groups excluding carboxylic acids is 2. The first-order valence-electron chi connectivity index (χ1n) is 11.1. The predicted molar refractivity (Wildman–Crippen MR) is 134 cm³/mol. The summed E-state index contributed by atoms with van der Waals surface area (Å²) in [7, 11) is 0. The number of nitrogens with zero attached hydrogens (tertiary/aromatic N) is 1. The second-order valence-electron chi connectivity index (χ2n) is 8.29. The molecule has 36 heavy (non-hydrogen) atoms. The van der Waals surface area contributed by atoms with Gasteiger partial charge in [-0.1, -0.05) is 42.5 Å². The SMILES string of the molecule is O=C(O)N[C@H](Cc1ccc(O)cc1)C(=O)Nc1cc2c3c(c(-c4ccccc4)[nH]c3c1)C=NNC2=O. The molecule has 1 aliphatic heterocycles. The van der Waals surface area contributed by atoms with Crippen LogP contribution >= 0.6 is 0 Å². The van der Waals surface area contributed by atoms with Crippen molar-refractivity contribution in [2.24, 2.45) is 5.10 Å². The molecule has 3 aromatic carbocycles. The lowest BCUT2D eigenvalue weighted by molar-refractivity contribution is -0.118. The summed E-state index contributed by atoms with van der Waals surface area (Å²) in [5.74, 6) is -0.974. The summed E-state index contributed by atoms with van der Waals surface area (Å²) in [5, 5.41) is 28.4. The first-order valence-corrected chi connectivity index (χ1v) is 11.1. The highest BCUT2D eigenvalue weighted by Crippen LogP contribution is 2.34. The van der Waals surface area contributed by atoms with E-state index in [9.17, 15) is 24.6 Å². The third-order valence-electron chi connectivity index (χ3n) is 5.86. The van der Waals surface area contributed by atoms with Crippen molar-refractivity contribution in [3.63, 3.8) is 0 Å². The van der Waals surface area contributed by atoms with Crippen LogP contribution in [0.2, 0.25) is 0 Å². The molecule has 1 aromatic heterocycles. The molecule has 10 heteroatoms. The molecular formula is C26H21N5O5. The average Bonchev–Trinajstić information content (AvgIpc) is 3.14. The van der Waals surface area contributed by atoms with Gasteiger partial charge in [0.15, 0.2) is 0 Å². The second kappa shape index (κ2) is 9.26. The van der Waals surface area contributed by atoms with E-state index in [0.717, 1.165) is 16.8 Å². The van der Waals surface area contributed by atoms with Crippen LogP contribution in [-0.4, -0.2) is 45.4 Å². The lowest BCUT2D eigenvalue weighted by atomic mass is 10.0. The summed E-state index contributed by atoms with van der Waals surface area (Å²) in [6, 6.07) is 17.8. The molecule has 10 nitrogen and oxygen atoms in total. The van der Waals surface area contributed by atoms with Crippen LogP contribution in [0.1, 0.15) is 21.5 Å². The van der Waals surface area contributed by atoms with Crippen molar-refractivity contribution in [2.45, 2.75) is 12.5 Å². The molecule has 4 aromatic rings. The number of carboxylic acid groups (broad SMARTS) is 1. The van der Waals surface area contributed by atoms with Gasteiger partial charge in [0.25, 0.3) is 5.91 Å². The number of phenolic OH excluding ortho intramolecular Hbond substituents is 1. The maximum absolute atomic E-state index is 13.1. The average molecular weight is 483 g/mol. The van der Waals surface area contributed by atoms with Crippen LogP contribution in [0.15, 0.2) is 71.8 Å². The normalized spacial score (nSPS) is 13.1. The highest BCUT2D eigenvalue weighted by molar-refractivity contribution is 6.18. The fourth-order valence-electron chi connectivity index (χ4n) is 4.24. The minimum Gasteiger partial charge on any atom is -0.508 e. The zero-order valence-corrected chi connectivity index (χ0v) is 18.8. The van der Waals surface area contributed by atoms with Gasteiger partial charge in [0.1, 0.15) is 11.8 Å². The van der Waals surface area contributed by atoms with E-state index in [1.165, 1.54) is 18.2 Å². The number of phenols is 1. The molecule has 0 fully saturated rings. The van der Waals surface area contributed by atoms with Gasteiger partial charge in [-0.15, -0.1) is 0 Å². The van der Waals surface area contributed by atoms with Gasteiger partial charge in [-0.2, -0.15) is 5.10 Å². The monoisotopic (exact) mass is 483 g/mol. The number of nitrogens with one attached hydrogen (secondary N) is 4. The van der Waals surface area contributed by atoms with E-state index >= 15 is 0 Å². The van der Waals surface area contributed by atoms with Crippen LogP contribution < -0.4 is 16.1 Å². The minimum atomic E-state index is -1.35. The fraction of sp³-hybridized carbons (Fsp3) is 0.0769. The van der Waals surface area contributed by atoms with Crippen molar-refractivity contribution in [1.29, 1.82) is 0 Å². The number of aromatic hydroxyl groups is 1. The van der Waals surface area contributed by atoms with Gasteiger partial charge in [0.05, 0.1) is 17.5 Å². The molecule has 5 rings (SSSR count). The Morgan fingerprint density at radius 2 is 1.78 bits per heavy atom. The first kappa shape index (κ1) is 22.7. The molecule has 0 radical (unpaired) electrons. The van der Waals surface area contributed by atoms with Gasteiger partial charge in [0, 0.05) is 28.6 Å². The number of aromatic nitrogens is 1. The molecule has 0 bridgehead atoms. The number of hydrogen-bond donors (Lipinski definition) is 6. The number of rotatable bonds is 6. The Balaban J connectivity index is 1.51. The fourth-order valence-corrected chi connectivity index (χ4v) is 4.24. The van der Waals surface area contributed by atoms with Gasteiger partial charge in [-0.3, -0.25) is 9.59 Å². The van der Waals surface area contributed by atoms with Crippen LogP contribution in [0, 0.1) is 0 Å². The Kier molecular flexibility index (Phi) is 5.83. The zero-order chi connectivity index (χ0) is 25.2. The Morgan fingerprint density at radius 1 is 1.03 bits per heavy atom. The van der Waals surface area contributed by atoms with Crippen LogP contribution in [-0.2, 0) is 11.2 Å². The molecule has 180 valence electrons. The Hall–Kier alpha value is -5.12. The topological polar surface area (TPSA) is 156 Å². The third-order valence-corrected chi connectivity index (χ3v) is 5.86. The van der Waals surface area contributed by atoms with E-state index in [1.807, 2.05) is 30.3 Å². The van der Waals surface area contributed by atoms with Crippen molar-refractivity contribution >= 4 is 40.7 Å². The van der Waals surface area contributed by atoms with E-state index in [0.29, 0.717) is 27.7 Å². The maximum atomic E-state index is 13.1. The highest BCUT2D eigenvalue weighted by atomic mass is 16.4. The quantitative estimate of drug-likeness (QED) is 0.248. The molecule has 0 unspecified atom stereocenters. The minimum absolute atomic E-state index is 0.0616. The van der Waals surface area contributed by atoms with Gasteiger partial charge in [0.2, 0.25) is 5.91 Å². The summed E-state index contributed by atoms with van der Waals surface area (Å²) < 4.78 is 0. The first-order chi connectivity index (χ1) is 17.4. The predicted octanol–water partition coefficient (Wildman–Crippen LogP) is 3.44. The maximum Gasteiger partial charge on any atom is 0.405 e. The van der Waals surface area contributed by atoms with E-state index in [1.54, 1.807) is 24.4 Å². The van der Waals surface area contributed by atoms with Crippen molar-refractivity contribution < 1.29 is 24.6 Å². The summed E-state index contributed by atoms with van der Waals surface area (Å²) in [5.41, 5.74) is 6.78. The number of benzene rings is 3. The van der Waals surface area contributed by atoms with E-state index in [4.69, 9.17) is 0 Å². The van der Waals surface area contributed by atoms with Crippen LogP contribution in [0.3, 0.4) is 0 Å². The van der Waals surface area contributed by atoms with E-state index in [2.05, 4.69) is 26.1 Å². The van der Waals surface area contributed by atoms with E-state index in [-0.39, 0.29) is 12.2 Å². The summed E-state index contributed by atoms with van der Waals surface area (Å²) in [6.45, 7) is 0. The highest BCUT2D eigenvalue weighted by Gasteiger charge is 2.25. The van der Waals surface area contributed by atoms with Crippen LogP contribution in [0.25, 0.3) is 22.2 Å². The van der Waals surface area contributed by atoms with Gasteiger partial charge < -0.3 is 25.8 Å². The lowest BCUT2D eigenvalue weighted by Crippen LogP contribution is -2.44. The van der Waals surface area contributed by atoms with Gasteiger partial charge in [-0.25, -0.2) is 10.2 Å². The van der Waals surface area contributed by atoms with Crippen molar-refractivity contribution in [3.05, 3.63) is 83.4 Å². The summed E-state index contributed by atoms with van der Waals surface area (Å²) in [4.78, 5) is 40.5. The Morgan fingerprint density at radius 3 is 2.50 bits per heavy atom. The number of hydrogen-bond acceptors (Lipinski definition) is 5. The number of hydrazone groups is 1. The Bertz CT molecular complexity index is 1510. The lowest BCUT2D eigenvalue weighted by Gasteiger charge is -2.17. The number of carbonyl (C=O) groups is 3. The third kappa shape index (κ3) is 4.47. The van der Waals surface area contributed by atoms with Gasteiger partial charge >= 0.3 is 6.09 Å². The van der Waals surface area contributed by atoms with Crippen molar-refractivity contribution in [1.82, 2.24) is 15.7 Å². The van der Waals surface area contributed by atoms with E-state index < -0.39 is 23.9 Å². The number of H-pyrrole nitrogens is 1. The second-order valence-corrected chi connectivity index (χ2v) is 8.29. The molecule has 0 aliphatic carbocycles. The van der Waals surface area contributed by atoms with Gasteiger partial charge in [-0.05, 0) is 35.4 Å². The van der Waals surface area contributed by atoms with Crippen LogP contribution in [0.4, 0.5) is 10.5 Å². The molecule has 3 amide bonds. The summed E-state index contributed by atoms with van der Waals surface area (Å²) >= 11 is 0. The molecule has 0 saturated carbocycles. The summed E-state index contributed by atoms with van der Waals surface area (Å²) in [6.07, 6.45) is 0.291. The molecule has 0 saturated heterocycles. The van der Waals surface area contributed by atoms with Crippen molar-refractivity contribution in [3.8, 4) is 17.0 Å². The van der Waals surface area contributed by atoms with Crippen LogP contribution in [0.5, 0.6) is 5.75 Å². The molecule has 1 aliphatic rings.